The summed E-state index contributed by atoms with van der Waals surface area (Å²) in [6.07, 6.45) is 1.93. The molecule has 2 aromatic carbocycles. The van der Waals surface area contributed by atoms with Crippen LogP contribution < -0.4 is 10.6 Å². The summed E-state index contributed by atoms with van der Waals surface area (Å²) in [5.74, 6) is 0. The van der Waals surface area contributed by atoms with E-state index in [-0.39, 0.29) is 12.1 Å². The third-order valence-electron chi connectivity index (χ3n) is 4.28. The van der Waals surface area contributed by atoms with Crippen LogP contribution in [0.25, 0.3) is 0 Å². The summed E-state index contributed by atoms with van der Waals surface area (Å²) < 4.78 is 0. The SMILES string of the molecule is Cc1ccc(CNC(=O)Nc2cccc3c2C[C@H](O)CC3)cc1. The van der Waals surface area contributed by atoms with Gasteiger partial charge < -0.3 is 15.7 Å². The zero-order valence-corrected chi connectivity index (χ0v) is 13.3. The second kappa shape index (κ2) is 6.84. The van der Waals surface area contributed by atoms with Crippen LogP contribution in [0.4, 0.5) is 10.5 Å². The number of fused-ring (bicyclic) bond motifs is 1. The van der Waals surface area contributed by atoms with Gasteiger partial charge in [-0.15, -0.1) is 0 Å². The van der Waals surface area contributed by atoms with Crippen molar-refractivity contribution in [3.05, 3.63) is 64.7 Å². The Kier molecular flexibility index (Phi) is 4.63. The van der Waals surface area contributed by atoms with E-state index in [0.717, 1.165) is 29.7 Å². The van der Waals surface area contributed by atoms with Gasteiger partial charge in [-0.3, -0.25) is 0 Å². The van der Waals surface area contributed by atoms with Crippen molar-refractivity contribution in [1.29, 1.82) is 0 Å². The van der Waals surface area contributed by atoms with Crippen LogP contribution in [0.3, 0.4) is 0 Å². The molecule has 2 amide bonds. The van der Waals surface area contributed by atoms with E-state index < -0.39 is 0 Å². The predicted octanol–water partition coefficient (Wildman–Crippen LogP) is 3.17. The van der Waals surface area contributed by atoms with Crippen molar-refractivity contribution in [1.82, 2.24) is 5.32 Å². The number of hydrogen-bond acceptors (Lipinski definition) is 2. The molecule has 0 saturated heterocycles. The number of anilines is 1. The van der Waals surface area contributed by atoms with Gasteiger partial charge in [0.15, 0.2) is 0 Å². The van der Waals surface area contributed by atoms with Crippen LogP contribution in [0.5, 0.6) is 0 Å². The first-order valence-corrected chi connectivity index (χ1v) is 8.01. The highest BCUT2D eigenvalue weighted by atomic mass is 16.3. The van der Waals surface area contributed by atoms with E-state index in [1.807, 2.05) is 43.3 Å². The molecule has 3 N–H and O–H groups in total. The zero-order chi connectivity index (χ0) is 16.2. The molecule has 1 aliphatic carbocycles. The molecule has 4 nitrogen and oxygen atoms in total. The number of carbonyl (C=O) groups is 1. The number of aliphatic hydroxyl groups is 1. The number of hydrogen-bond donors (Lipinski definition) is 3. The van der Waals surface area contributed by atoms with Gasteiger partial charge in [-0.25, -0.2) is 4.79 Å². The van der Waals surface area contributed by atoms with Gasteiger partial charge in [-0.2, -0.15) is 0 Å². The Labute approximate surface area is 136 Å². The van der Waals surface area contributed by atoms with Gasteiger partial charge in [-0.1, -0.05) is 42.0 Å². The molecule has 0 saturated carbocycles. The molecule has 1 atom stereocenters. The monoisotopic (exact) mass is 310 g/mol. The summed E-state index contributed by atoms with van der Waals surface area (Å²) in [5.41, 5.74) is 5.33. The van der Waals surface area contributed by atoms with Crippen LogP contribution in [-0.2, 0) is 19.4 Å². The third kappa shape index (κ3) is 3.90. The molecule has 1 aliphatic rings. The van der Waals surface area contributed by atoms with Gasteiger partial charge in [0.25, 0.3) is 0 Å². The molecule has 3 rings (SSSR count). The molecule has 0 heterocycles. The maximum absolute atomic E-state index is 12.1. The van der Waals surface area contributed by atoms with Crippen molar-refractivity contribution in [3.63, 3.8) is 0 Å². The van der Waals surface area contributed by atoms with Crippen molar-refractivity contribution in [2.45, 2.75) is 38.8 Å². The highest BCUT2D eigenvalue weighted by molar-refractivity contribution is 5.90. The number of benzene rings is 2. The second-order valence-corrected chi connectivity index (χ2v) is 6.13. The van der Waals surface area contributed by atoms with E-state index in [9.17, 15) is 9.90 Å². The maximum Gasteiger partial charge on any atom is 0.319 e. The van der Waals surface area contributed by atoms with Crippen LogP contribution in [0.2, 0.25) is 0 Å². The van der Waals surface area contributed by atoms with Crippen LogP contribution in [-0.4, -0.2) is 17.2 Å². The summed E-state index contributed by atoms with van der Waals surface area (Å²) in [5, 5.41) is 15.6. The number of aryl methyl sites for hydroxylation is 2. The van der Waals surface area contributed by atoms with Crippen molar-refractivity contribution in [3.8, 4) is 0 Å². The lowest BCUT2D eigenvalue weighted by atomic mass is 9.88. The largest absolute Gasteiger partial charge is 0.393 e. The Morgan fingerprint density at radius 1 is 1.22 bits per heavy atom. The fraction of sp³-hybridized carbons (Fsp3) is 0.316. The Hall–Kier alpha value is -2.33. The highest BCUT2D eigenvalue weighted by Crippen LogP contribution is 2.28. The van der Waals surface area contributed by atoms with E-state index in [2.05, 4.69) is 16.7 Å². The van der Waals surface area contributed by atoms with E-state index in [4.69, 9.17) is 0 Å². The molecular formula is C19H22N2O2. The minimum absolute atomic E-state index is 0.223. The third-order valence-corrected chi connectivity index (χ3v) is 4.28. The van der Waals surface area contributed by atoms with E-state index in [1.54, 1.807) is 0 Å². The molecule has 0 aliphatic heterocycles. The first kappa shape index (κ1) is 15.6. The van der Waals surface area contributed by atoms with Gasteiger partial charge in [0.2, 0.25) is 0 Å². The van der Waals surface area contributed by atoms with Crippen LogP contribution in [0, 0.1) is 6.92 Å². The van der Waals surface area contributed by atoms with Crippen molar-refractivity contribution in [2.75, 3.05) is 5.32 Å². The van der Waals surface area contributed by atoms with Crippen molar-refractivity contribution >= 4 is 11.7 Å². The van der Waals surface area contributed by atoms with E-state index >= 15 is 0 Å². The van der Waals surface area contributed by atoms with Crippen LogP contribution >= 0.6 is 0 Å². The summed E-state index contributed by atoms with van der Waals surface area (Å²) in [7, 11) is 0. The summed E-state index contributed by atoms with van der Waals surface area (Å²) in [6, 6.07) is 13.8. The highest BCUT2D eigenvalue weighted by Gasteiger charge is 2.19. The molecule has 0 aromatic heterocycles. The molecule has 0 radical (unpaired) electrons. The number of amides is 2. The standard InChI is InChI=1S/C19H22N2O2/c1-13-5-7-14(8-6-13)12-20-19(23)21-18-4-2-3-15-9-10-16(22)11-17(15)18/h2-8,16,22H,9-12H2,1H3,(H2,20,21,23)/t16-/m1/s1. The Bertz CT molecular complexity index is 695. The topological polar surface area (TPSA) is 61.4 Å². The van der Waals surface area contributed by atoms with E-state index in [1.165, 1.54) is 11.1 Å². The fourth-order valence-electron chi connectivity index (χ4n) is 2.94. The quantitative estimate of drug-likeness (QED) is 0.815. The van der Waals surface area contributed by atoms with Gasteiger partial charge in [-0.05, 0) is 42.5 Å². The summed E-state index contributed by atoms with van der Waals surface area (Å²) >= 11 is 0. The normalized spacial score (nSPS) is 16.5. The Morgan fingerprint density at radius 2 is 2.00 bits per heavy atom. The lowest BCUT2D eigenvalue weighted by Crippen LogP contribution is -2.29. The minimum Gasteiger partial charge on any atom is -0.393 e. The molecule has 23 heavy (non-hydrogen) atoms. The smallest absolute Gasteiger partial charge is 0.319 e. The van der Waals surface area contributed by atoms with Crippen LogP contribution in [0.15, 0.2) is 42.5 Å². The molecule has 4 heteroatoms. The lowest BCUT2D eigenvalue weighted by Gasteiger charge is -2.23. The first-order chi connectivity index (χ1) is 11.1. The average Bonchev–Trinajstić information content (AvgIpc) is 2.55. The number of carbonyl (C=O) groups excluding carboxylic acids is 1. The lowest BCUT2D eigenvalue weighted by molar-refractivity contribution is 0.159. The van der Waals surface area contributed by atoms with Gasteiger partial charge >= 0.3 is 6.03 Å². The molecule has 120 valence electrons. The fourth-order valence-corrected chi connectivity index (χ4v) is 2.94. The average molecular weight is 310 g/mol. The number of nitrogens with one attached hydrogen (secondary N) is 2. The molecular weight excluding hydrogens is 288 g/mol. The van der Waals surface area contributed by atoms with E-state index in [0.29, 0.717) is 13.0 Å². The minimum atomic E-state index is -0.318. The number of rotatable bonds is 3. The summed E-state index contributed by atoms with van der Waals surface area (Å²) in [6.45, 7) is 2.53. The molecule has 0 fully saturated rings. The van der Waals surface area contributed by atoms with Crippen molar-refractivity contribution in [2.24, 2.45) is 0 Å². The Balaban J connectivity index is 1.63. The Morgan fingerprint density at radius 3 is 2.78 bits per heavy atom. The first-order valence-electron chi connectivity index (χ1n) is 8.01. The second-order valence-electron chi connectivity index (χ2n) is 6.13. The molecule has 0 spiro atoms. The van der Waals surface area contributed by atoms with Crippen molar-refractivity contribution < 1.29 is 9.90 Å². The predicted molar refractivity (Wildman–Crippen MR) is 91.5 cm³/mol. The van der Waals surface area contributed by atoms with Gasteiger partial charge in [0.1, 0.15) is 0 Å². The maximum atomic E-state index is 12.1. The van der Waals surface area contributed by atoms with Gasteiger partial charge in [0.05, 0.1) is 6.10 Å². The molecule has 2 aromatic rings. The zero-order valence-electron chi connectivity index (χ0n) is 13.3. The van der Waals surface area contributed by atoms with Crippen LogP contribution in [0.1, 0.15) is 28.7 Å². The number of aliphatic hydroxyl groups excluding tert-OH is 1. The van der Waals surface area contributed by atoms with Gasteiger partial charge in [0, 0.05) is 18.7 Å². The summed E-state index contributed by atoms with van der Waals surface area (Å²) in [4.78, 5) is 12.1. The number of urea groups is 1. The molecule has 0 unspecified atom stereocenters. The molecule has 0 bridgehead atoms.